The highest BCUT2D eigenvalue weighted by atomic mass is 16.5. The molecule has 1 atom stereocenters. The number of anilines is 2. The largest absolute Gasteiger partial charge is 0.490 e. The molecule has 184 valence electrons. The first-order valence-electron chi connectivity index (χ1n) is 11.5. The molecule has 0 saturated carbocycles. The van der Waals surface area contributed by atoms with E-state index in [4.69, 9.17) is 9.47 Å². The maximum absolute atomic E-state index is 12.9. The molecule has 0 aliphatic rings. The van der Waals surface area contributed by atoms with Gasteiger partial charge in [-0.05, 0) is 62.4 Å². The molecule has 0 aliphatic carbocycles. The van der Waals surface area contributed by atoms with Gasteiger partial charge in [0.2, 0.25) is 5.91 Å². The zero-order valence-corrected chi connectivity index (χ0v) is 20.0. The number of pyridine rings is 1. The van der Waals surface area contributed by atoms with Crippen molar-refractivity contribution in [2.75, 3.05) is 17.2 Å². The van der Waals surface area contributed by atoms with Gasteiger partial charge in [0.1, 0.15) is 12.6 Å². The molecular formula is C27H27N5O4. The van der Waals surface area contributed by atoms with Crippen molar-refractivity contribution in [3.8, 4) is 11.5 Å². The maximum Gasteiger partial charge on any atom is 0.255 e. The number of amides is 2. The predicted octanol–water partition coefficient (Wildman–Crippen LogP) is 4.71. The highest BCUT2D eigenvalue weighted by Gasteiger charge is 2.16. The van der Waals surface area contributed by atoms with E-state index in [1.807, 2.05) is 19.1 Å². The van der Waals surface area contributed by atoms with Crippen LogP contribution in [0.3, 0.4) is 0 Å². The number of carbonyl (C=O) groups is 2. The summed E-state index contributed by atoms with van der Waals surface area (Å²) in [5.41, 5.74) is 2.44. The van der Waals surface area contributed by atoms with E-state index in [2.05, 4.69) is 20.7 Å². The van der Waals surface area contributed by atoms with Crippen LogP contribution in [0.4, 0.5) is 11.4 Å². The van der Waals surface area contributed by atoms with E-state index in [0.717, 1.165) is 5.56 Å². The van der Waals surface area contributed by atoms with Gasteiger partial charge in [-0.3, -0.25) is 19.3 Å². The van der Waals surface area contributed by atoms with Crippen molar-refractivity contribution >= 4 is 23.2 Å². The molecule has 2 heterocycles. The first-order chi connectivity index (χ1) is 17.5. The van der Waals surface area contributed by atoms with E-state index in [0.29, 0.717) is 41.7 Å². The van der Waals surface area contributed by atoms with Crippen molar-refractivity contribution in [2.24, 2.45) is 0 Å². The summed E-state index contributed by atoms with van der Waals surface area (Å²) in [5, 5.41) is 9.81. The third kappa shape index (κ3) is 6.26. The van der Waals surface area contributed by atoms with E-state index in [-0.39, 0.29) is 11.8 Å². The van der Waals surface area contributed by atoms with E-state index < -0.39 is 6.04 Å². The molecule has 0 radical (unpaired) electrons. The highest BCUT2D eigenvalue weighted by molar-refractivity contribution is 6.05. The number of aromatic nitrogens is 3. The second kappa shape index (κ2) is 11.7. The summed E-state index contributed by atoms with van der Waals surface area (Å²) in [7, 11) is 0. The summed E-state index contributed by atoms with van der Waals surface area (Å²) in [6, 6.07) is 17.0. The summed E-state index contributed by atoms with van der Waals surface area (Å²) in [6.07, 6.45) is 6.79. The number of benzene rings is 2. The molecule has 0 saturated heterocycles. The first kappa shape index (κ1) is 24.5. The Labute approximate surface area is 209 Å². The zero-order chi connectivity index (χ0) is 25.3. The van der Waals surface area contributed by atoms with Gasteiger partial charge in [-0.25, -0.2) is 0 Å². The van der Waals surface area contributed by atoms with Crippen molar-refractivity contribution < 1.29 is 19.1 Å². The normalized spacial score (nSPS) is 11.4. The highest BCUT2D eigenvalue weighted by Crippen LogP contribution is 2.30. The second-order valence-electron chi connectivity index (χ2n) is 7.93. The topological polar surface area (TPSA) is 107 Å². The van der Waals surface area contributed by atoms with Crippen LogP contribution >= 0.6 is 0 Å². The van der Waals surface area contributed by atoms with Gasteiger partial charge < -0.3 is 20.1 Å². The number of nitrogens with one attached hydrogen (secondary N) is 2. The van der Waals surface area contributed by atoms with E-state index in [9.17, 15) is 9.59 Å². The number of hydrogen-bond donors (Lipinski definition) is 2. The van der Waals surface area contributed by atoms with Gasteiger partial charge in [0.15, 0.2) is 11.5 Å². The Morgan fingerprint density at radius 3 is 2.50 bits per heavy atom. The number of rotatable bonds is 10. The molecule has 0 aliphatic heterocycles. The number of hydrogen-bond acceptors (Lipinski definition) is 6. The van der Waals surface area contributed by atoms with Crippen LogP contribution in [0.15, 0.2) is 85.5 Å². The van der Waals surface area contributed by atoms with Crippen LogP contribution in [0, 0.1) is 0 Å². The standard InChI is InChI=1S/C27H27N5O4/c1-3-35-25-15-21(10-11-24(25)36-18-20-7-5-12-28-17-20)27(34)31-23-9-4-8-22(16-23)30-26(33)19(2)32-14-6-13-29-32/h4-17,19H,3,18H2,1-2H3,(H,30,33)(H,31,34). The molecule has 2 aromatic carbocycles. The molecule has 4 rings (SSSR count). The monoisotopic (exact) mass is 485 g/mol. The van der Waals surface area contributed by atoms with Gasteiger partial charge in [-0.1, -0.05) is 12.1 Å². The average molecular weight is 486 g/mol. The quantitative estimate of drug-likeness (QED) is 0.337. The van der Waals surface area contributed by atoms with Gasteiger partial charge in [0.05, 0.1) is 6.61 Å². The molecule has 2 aromatic heterocycles. The predicted molar refractivity (Wildman–Crippen MR) is 136 cm³/mol. The summed E-state index contributed by atoms with van der Waals surface area (Å²) >= 11 is 0. The van der Waals surface area contributed by atoms with E-state index in [1.54, 1.807) is 84.9 Å². The SMILES string of the molecule is CCOc1cc(C(=O)Nc2cccc(NC(=O)C(C)n3cccn3)c2)ccc1OCc1cccnc1. The smallest absolute Gasteiger partial charge is 0.255 e. The minimum atomic E-state index is -0.478. The zero-order valence-electron chi connectivity index (χ0n) is 20.0. The van der Waals surface area contributed by atoms with Crippen LogP contribution in [0.1, 0.15) is 35.8 Å². The maximum atomic E-state index is 12.9. The Morgan fingerprint density at radius 1 is 0.944 bits per heavy atom. The van der Waals surface area contributed by atoms with Gasteiger partial charge in [0.25, 0.3) is 5.91 Å². The summed E-state index contributed by atoms with van der Waals surface area (Å²) in [6.45, 7) is 4.38. The Balaban J connectivity index is 1.42. The Morgan fingerprint density at radius 2 is 1.78 bits per heavy atom. The van der Waals surface area contributed by atoms with E-state index in [1.165, 1.54) is 0 Å². The van der Waals surface area contributed by atoms with Crippen molar-refractivity contribution in [3.63, 3.8) is 0 Å². The van der Waals surface area contributed by atoms with Gasteiger partial charge in [-0.2, -0.15) is 5.10 Å². The lowest BCUT2D eigenvalue weighted by atomic mass is 10.1. The van der Waals surface area contributed by atoms with Crippen LogP contribution in [0.2, 0.25) is 0 Å². The van der Waals surface area contributed by atoms with Crippen molar-refractivity contribution in [1.29, 1.82) is 0 Å². The van der Waals surface area contributed by atoms with E-state index >= 15 is 0 Å². The minimum absolute atomic E-state index is 0.217. The molecule has 1 unspecified atom stereocenters. The Bertz CT molecular complexity index is 1310. The fourth-order valence-corrected chi connectivity index (χ4v) is 3.44. The minimum Gasteiger partial charge on any atom is -0.490 e. The van der Waals surface area contributed by atoms with Gasteiger partial charge >= 0.3 is 0 Å². The lowest BCUT2D eigenvalue weighted by molar-refractivity contribution is -0.119. The molecule has 2 amide bonds. The van der Waals surface area contributed by atoms with Crippen LogP contribution in [0.5, 0.6) is 11.5 Å². The van der Waals surface area contributed by atoms with Gasteiger partial charge in [0, 0.05) is 47.3 Å². The lowest BCUT2D eigenvalue weighted by Gasteiger charge is -2.15. The molecule has 0 fully saturated rings. The van der Waals surface area contributed by atoms with Crippen LogP contribution in [-0.2, 0) is 11.4 Å². The fourth-order valence-electron chi connectivity index (χ4n) is 3.44. The Hall–Kier alpha value is -4.66. The number of nitrogens with zero attached hydrogens (tertiary/aromatic N) is 3. The second-order valence-corrected chi connectivity index (χ2v) is 7.93. The molecule has 36 heavy (non-hydrogen) atoms. The van der Waals surface area contributed by atoms with Crippen molar-refractivity contribution in [3.05, 3.63) is 96.6 Å². The summed E-state index contributed by atoms with van der Waals surface area (Å²) in [5.74, 6) is 0.476. The van der Waals surface area contributed by atoms with Crippen LogP contribution in [0.25, 0.3) is 0 Å². The molecule has 2 N–H and O–H groups in total. The molecule has 0 bridgehead atoms. The first-order valence-corrected chi connectivity index (χ1v) is 11.5. The fraction of sp³-hybridized carbons (Fsp3) is 0.185. The molecule has 4 aromatic rings. The lowest BCUT2D eigenvalue weighted by Crippen LogP contribution is -2.24. The molecule has 9 heteroatoms. The number of ether oxygens (including phenoxy) is 2. The summed E-state index contributed by atoms with van der Waals surface area (Å²) < 4.78 is 13.2. The molecule has 9 nitrogen and oxygen atoms in total. The summed E-state index contributed by atoms with van der Waals surface area (Å²) in [4.78, 5) is 29.6. The third-order valence-corrected chi connectivity index (χ3v) is 5.31. The number of carbonyl (C=O) groups excluding carboxylic acids is 2. The van der Waals surface area contributed by atoms with Gasteiger partial charge in [-0.15, -0.1) is 0 Å². The average Bonchev–Trinajstić information content (AvgIpc) is 3.43. The van der Waals surface area contributed by atoms with Crippen molar-refractivity contribution in [1.82, 2.24) is 14.8 Å². The Kier molecular flexibility index (Phi) is 7.92. The third-order valence-electron chi connectivity index (χ3n) is 5.31. The van der Waals surface area contributed by atoms with Crippen LogP contribution < -0.4 is 20.1 Å². The van der Waals surface area contributed by atoms with Crippen LogP contribution in [-0.4, -0.2) is 33.2 Å². The molecule has 0 spiro atoms. The van der Waals surface area contributed by atoms with Crippen molar-refractivity contribution in [2.45, 2.75) is 26.5 Å². The molecular weight excluding hydrogens is 458 g/mol.